The molecule has 5 heteroatoms. The summed E-state index contributed by atoms with van der Waals surface area (Å²) < 4.78 is 15.7. The van der Waals surface area contributed by atoms with Crippen molar-refractivity contribution < 1.29 is 13.6 Å². The average molecular weight is 219 g/mol. The van der Waals surface area contributed by atoms with Crippen LogP contribution in [0.4, 0.5) is 0 Å². The van der Waals surface area contributed by atoms with Crippen LogP contribution in [-0.4, -0.2) is 13.2 Å². The Morgan fingerprint density at radius 1 is 1.15 bits per heavy atom. The maximum absolute atomic E-state index is 5.72. The summed E-state index contributed by atoms with van der Waals surface area (Å²) in [5, 5.41) is 0.688. The van der Waals surface area contributed by atoms with E-state index in [0.29, 0.717) is 18.2 Å². The molecule has 3 nitrogen and oxygen atoms in total. The van der Waals surface area contributed by atoms with Gasteiger partial charge < -0.3 is 13.6 Å². The highest BCUT2D eigenvalue weighted by Gasteiger charge is 2.20. The molecule has 1 aliphatic heterocycles. The third-order valence-corrected chi connectivity index (χ3v) is 2.87. The van der Waals surface area contributed by atoms with E-state index in [1.165, 1.54) is 0 Å². The molecule has 1 aromatic carbocycles. The predicted molar refractivity (Wildman–Crippen MR) is 50.9 cm³/mol. The van der Waals surface area contributed by atoms with Crippen LogP contribution in [0.1, 0.15) is 0 Å². The first-order chi connectivity index (χ1) is 6.34. The van der Waals surface area contributed by atoms with Crippen molar-refractivity contribution in [3.8, 4) is 5.75 Å². The first-order valence-corrected chi connectivity index (χ1v) is 5.31. The number of hydrogen-bond acceptors (Lipinski definition) is 3. The van der Waals surface area contributed by atoms with Crippen LogP contribution in [0.3, 0.4) is 0 Å². The van der Waals surface area contributed by atoms with E-state index in [1.54, 1.807) is 24.3 Å². The highest BCUT2D eigenvalue weighted by Crippen LogP contribution is 2.43. The molecule has 2 rings (SSSR count). The molecule has 0 aromatic heterocycles. The lowest BCUT2D eigenvalue weighted by atomic mass is 10.3. The summed E-state index contributed by atoms with van der Waals surface area (Å²) >= 11 is 5.72. The molecule has 0 amide bonds. The first kappa shape index (κ1) is 9.22. The van der Waals surface area contributed by atoms with Gasteiger partial charge in [-0.25, -0.2) is 0 Å². The second kappa shape index (κ2) is 4.25. The summed E-state index contributed by atoms with van der Waals surface area (Å²) in [5.41, 5.74) is 0. The van der Waals surface area contributed by atoms with E-state index in [-0.39, 0.29) is 0 Å². The molecule has 0 unspecified atom stereocenters. The van der Waals surface area contributed by atoms with E-state index in [1.807, 2.05) is 0 Å². The van der Waals surface area contributed by atoms with E-state index in [9.17, 15) is 0 Å². The van der Waals surface area contributed by atoms with Gasteiger partial charge in [-0.05, 0) is 24.3 Å². The van der Waals surface area contributed by atoms with Gasteiger partial charge in [0.15, 0.2) is 0 Å². The molecule has 1 fully saturated rings. The molecule has 0 saturated carbocycles. The van der Waals surface area contributed by atoms with Crippen molar-refractivity contribution in [3.05, 3.63) is 29.3 Å². The Labute approximate surface area is 82.6 Å². The van der Waals surface area contributed by atoms with Gasteiger partial charge in [-0.2, -0.15) is 0 Å². The van der Waals surface area contributed by atoms with Gasteiger partial charge in [-0.15, -0.1) is 0 Å². The molecule has 1 saturated heterocycles. The zero-order chi connectivity index (χ0) is 9.10. The average Bonchev–Trinajstić information content (AvgIpc) is 2.62. The number of benzene rings is 1. The lowest BCUT2D eigenvalue weighted by Gasteiger charge is -2.08. The minimum absolute atomic E-state index is 0.610. The summed E-state index contributed by atoms with van der Waals surface area (Å²) in [6.07, 6.45) is 0. The van der Waals surface area contributed by atoms with Crippen molar-refractivity contribution in [3.63, 3.8) is 0 Å². The summed E-state index contributed by atoms with van der Waals surface area (Å²) in [5.74, 6) is 0.720. The zero-order valence-electron chi connectivity index (χ0n) is 6.77. The molecule has 0 bridgehead atoms. The fraction of sp³-hybridized carbons (Fsp3) is 0.250. The standard InChI is InChI=1S/C8H8ClO3P/c9-7-1-3-8(4-2-7)12-13-10-5-6-11-13/h1-4H,5-6H2. The summed E-state index contributed by atoms with van der Waals surface area (Å²) in [6.45, 7) is 1.22. The number of rotatable bonds is 2. The van der Waals surface area contributed by atoms with Gasteiger partial charge >= 0.3 is 8.60 Å². The van der Waals surface area contributed by atoms with Crippen LogP contribution in [0.15, 0.2) is 24.3 Å². The van der Waals surface area contributed by atoms with Gasteiger partial charge in [-0.3, -0.25) is 0 Å². The lowest BCUT2D eigenvalue weighted by Crippen LogP contribution is -1.86. The van der Waals surface area contributed by atoms with E-state index in [0.717, 1.165) is 5.75 Å². The Bertz CT molecular complexity index is 271. The van der Waals surface area contributed by atoms with Gasteiger partial charge in [0.2, 0.25) is 0 Å². The topological polar surface area (TPSA) is 27.7 Å². The van der Waals surface area contributed by atoms with E-state index < -0.39 is 8.60 Å². The fourth-order valence-corrected chi connectivity index (χ4v) is 1.94. The largest absolute Gasteiger partial charge is 0.427 e. The maximum Gasteiger partial charge on any atom is 0.397 e. The van der Waals surface area contributed by atoms with Crippen molar-refractivity contribution in [2.24, 2.45) is 0 Å². The zero-order valence-corrected chi connectivity index (χ0v) is 8.42. The molecular weight excluding hydrogens is 211 g/mol. The van der Waals surface area contributed by atoms with Crippen molar-refractivity contribution in [2.45, 2.75) is 0 Å². The second-order valence-corrected chi connectivity index (χ2v) is 4.02. The highest BCUT2D eigenvalue weighted by molar-refractivity contribution is 7.42. The molecule has 1 heterocycles. The normalized spacial score (nSPS) is 17.6. The summed E-state index contributed by atoms with van der Waals surface area (Å²) in [6, 6.07) is 7.11. The van der Waals surface area contributed by atoms with Crippen molar-refractivity contribution in [1.29, 1.82) is 0 Å². The van der Waals surface area contributed by atoms with Crippen LogP contribution in [0.2, 0.25) is 5.02 Å². The molecule has 0 aliphatic carbocycles. The van der Waals surface area contributed by atoms with Gasteiger partial charge in [0, 0.05) is 5.02 Å². The lowest BCUT2D eigenvalue weighted by molar-refractivity contribution is 0.353. The van der Waals surface area contributed by atoms with Gasteiger partial charge in [0.25, 0.3) is 0 Å². The molecule has 1 aliphatic rings. The van der Waals surface area contributed by atoms with Crippen molar-refractivity contribution in [2.75, 3.05) is 13.2 Å². The number of halogens is 1. The fourth-order valence-electron chi connectivity index (χ4n) is 0.895. The molecule has 0 N–H and O–H groups in total. The Balaban J connectivity index is 1.97. The van der Waals surface area contributed by atoms with Crippen LogP contribution in [0, 0.1) is 0 Å². The van der Waals surface area contributed by atoms with Crippen LogP contribution in [0.5, 0.6) is 5.75 Å². The summed E-state index contributed by atoms with van der Waals surface area (Å²) in [7, 11) is -1.17. The smallest absolute Gasteiger partial charge is 0.397 e. The first-order valence-electron chi connectivity index (χ1n) is 3.84. The molecule has 70 valence electrons. The minimum atomic E-state index is -1.17. The van der Waals surface area contributed by atoms with Crippen LogP contribution in [0.25, 0.3) is 0 Å². The Morgan fingerprint density at radius 3 is 2.38 bits per heavy atom. The number of hydrogen-bond donors (Lipinski definition) is 0. The van der Waals surface area contributed by atoms with Crippen molar-refractivity contribution in [1.82, 2.24) is 0 Å². The summed E-state index contributed by atoms with van der Waals surface area (Å²) in [4.78, 5) is 0. The third kappa shape index (κ3) is 2.55. The van der Waals surface area contributed by atoms with Gasteiger partial charge in [-0.1, -0.05) is 11.6 Å². The van der Waals surface area contributed by atoms with Crippen LogP contribution >= 0.6 is 20.2 Å². The van der Waals surface area contributed by atoms with Crippen LogP contribution in [-0.2, 0) is 9.05 Å². The second-order valence-electron chi connectivity index (χ2n) is 2.44. The Kier molecular flexibility index (Phi) is 3.01. The molecule has 0 radical (unpaired) electrons. The molecule has 0 atom stereocenters. The maximum atomic E-state index is 5.72. The van der Waals surface area contributed by atoms with E-state index in [2.05, 4.69) is 0 Å². The molecule has 0 spiro atoms. The molecule has 13 heavy (non-hydrogen) atoms. The Hall–Kier alpha value is -0.340. The SMILES string of the molecule is Clc1ccc(OP2OCCO2)cc1. The van der Waals surface area contributed by atoms with E-state index >= 15 is 0 Å². The molecular formula is C8H8ClO3P. The quantitative estimate of drug-likeness (QED) is 0.715. The Morgan fingerprint density at radius 2 is 1.77 bits per heavy atom. The molecule has 1 aromatic rings. The van der Waals surface area contributed by atoms with Crippen molar-refractivity contribution >= 4 is 20.2 Å². The van der Waals surface area contributed by atoms with Gasteiger partial charge in [0.1, 0.15) is 5.75 Å². The van der Waals surface area contributed by atoms with Crippen LogP contribution < -0.4 is 4.52 Å². The predicted octanol–water partition coefficient (Wildman–Crippen LogP) is 2.99. The third-order valence-electron chi connectivity index (χ3n) is 1.47. The van der Waals surface area contributed by atoms with Gasteiger partial charge in [0.05, 0.1) is 13.2 Å². The highest BCUT2D eigenvalue weighted by atomic mass is 35.5. The van der Waals surface area contributed by atoms with E-state index in [4.69, 9.17) is 25.2 Å². The monoisotopic (exact) mass is 218 g/mol. The minimum Gasteiger partial charge on any atom is -0.427 e.